The van der Waals surface area contributed by atoms with Crippen molar-refractivity contribution in [3.05, 3.63) is 78.2 Å². The molecular weight excluding hydrogens is 455 g/mol. The molecule has 180 valence electrons. The van der Waals surface area contributed by atoms with Crippen LogP contribution in [0.4, 0.5) is 4.39 Å². The molecule has 0 amide bonds. The van der Waals surface area contributed by atoms with Crippen LogP contribution in [-0.2, 0) is 0 Å². The van der Waals surface area contributed by atoms with Gasteiger partial charge in [-0.15, -0.1) is 0 Å². The smallest absolute Gasteiger partial charge is 0.159 e. The summed E-state index contributed by atoms with van der Waals surface area (Å²) in [6, 6.07) is 8.44. The Hall–Kier alpha value is -4.50. The summed E-state index contributed by atoms with van der Waals surface area (Å²) in [6.07, 6.45) is 9.05. The normalized spacial score (nSPS) is 12.7. The maximum atomic E-state index is 13.9. The van der Waals surface area contributed by atoms with Gasteiger partial charge in [-0.25, -0.2) is 14.4 Å². The Morgan fingerprint density at radius 2 is 2.06 bits per heavy atom. The highest BCUT2D eigenvalue weighted by molar-refractivity contribution is 5.96. The molecule has 0 aliphatic rings. The van der Waals surface area contributed by atoms with Crippen LogP contribution in [0.3, 0.4) is 0 Å². The zero-order chi connectivity index (χ0) is 25.2. The predicted octanol–water partition coefficient (Wildman–Crippen LogP) is 5.25. The van der Waals surface area contributed by atoms with E-state index in [1.165, 1.54) is 12.1 Å². The van der Waals surface area contributed by atoms with Gasteiger partial charge in [0, 0.05) is 30.7 Å². The molecule has 0 aliphatic carbocycles. The molecule has 9 heteroatoms. The summed E-state index contributed by atoms with van der Waals surface area (Å²) in [7, 11) is 4.02. The summed E-state index contributed by atoms with van der Waals surface area (Å²) in [5.41, 5.74) is 7.20. The van der Waals surface area contributed by atoms with Crippen LogP contribution in [0.2, 0.25) is 0 Å². The number of allylic oxidation sites excluding steroid dienone is 1. The number of aromatic amines is 2. The van der Waals surface area contributed by atoms with Gasteiger partial charge in [-0.05, 0) is 68.2 Å². The molecule has 0 atom stereocenters. The summed E-state index contributed by atoms with van der Waals surface area (Å²) in [4.78, 5) is 23.0. The maximum Gasteiger partial charge on any atom is 0.159 e. The second-order valence-corrected chi connectivity index (χ2v) is 8.82. The van der Waals surface area contributed by atoms with E-state index < -0.39 is 0 Å². The molecule has 1 aromatic carbocycles. The van der Waals surface area contributed by atoms with Crippen molar-refractivity contribution in [2.75, 3.05) is 20.6 Å². The predicted molar refractivity (Wildman–Crippen MR) is 142 cm³/mol. The maximum absolute atomic E-state index is 13.9. The SMILES string of the molecule is C=N/C=C(\C=C(/C)c1cnc2[nH]nc(-c3nc4c(-c5cccc(F)c5)cncc4[nH]3)c2c1)CN(C)C. The highest BCUT2D eigenvalue weighted by Crippen LogP contribution is 2.31. The molecule has 0 aliphatic heterocycles. The Morgan fingerprint density at radius 1 is 1.19 bits per heavy atom. The van der Waals surface area contributed by atoms with E-state index in [-0.39, 0.29) is 5.82 Å². The zero-order valence-corrected chi connectivity index (χ0v) is 20.2. The van der Waals surface area contributed by atoms with E-state index in [4.69, 9.17) is 4.98 Å². The first-order valence-electron chi connectivity index (χ1n) is 11.4. The van der Waals surface area contributed by atoms with E-state index in [1.807, 2.05) is 39.3 Å². The van der Waals surface area contributed by atoms with Crippen molar-refractivity contribution in [3.8, 4) is 22.6 Å². The molecule has 5 rings (SSSR count). The topological polar surface area (TPSA) is 98.7 Å². The second-order valence-electron chi connectivity index (χ2n) is 8.82. The first-order chi connectivity index (χ1) is 17.4. The van der Waals surface area contributed by atoms with Crippen molar-refractivity contribution in [2.45, 2.75) is 6.92 Å². The van der Waals surface area contributed by atoms with E-state index >= 15 is 0 Å². The van der Waals surface area contributed by atoms with Crippen molar-refractivity contribution in [1.82, 2.24) is 35.0 Å². The molecule has 0 spiro atoms. The van der Waals surface area contributed by atoms with Gasteiger partial charge in [0.1, 0.15) is 11.5 Å². The Labute approximate surface area is 207 Å². The fraction of sp³-hybridized carbons (Fsp3) is 0.148. The molecule has 0 saturated carbocycles. The minimum absolute atomic E-state index is 0.312. The summed E-state index contributed by atoms with van der Waals surface area (Å²) in [5.74, 6) is 0.263. The van der Waals surface area contributed by atoms with Crippen molar-refractivity contribution in [1.29, 1.82) is 0 Å². The number of benzene rings is 1. The van der Waals surface area contributed by atoms with E-state index in [0.717, 1.165) is 39.7 Å². The van der Waals surface area contributed by atoms with Crippen LogP contribution in [-0.4, -0.2) is 62.4 Å². The van der Waals surface area contributed by atoms with Gasteiger partial charge in [-0.3, -0.25) is 15.1 Å². The van der Waals surface area contributed by atoms with Gasteiger partial charge in [0.2, 0.25) is 0 Å². The first-order valence-corrected chi connectivity index (χ1v) is 11.4. The largest absolute Gasteiger partial charge is 0.335 e. The molecular formula is C27H25FN8. The Bertz CT molecular complexity index is 1640. The standard InChI is InChI=1S/C27H25FN8/c1-16(8-17(11-29-2)15-36(3)4)19-10-21-25(34-35-26(21)31-12-19)27-32-23-14-30-13-22(24(23)33-27)18-6-5-7-20(28)9-18/h5-14H,2,15H2,1,3-4H3,(H,32,33)(H,31,34,35)/b16-8+,17-11+. The number of halogens is 1. The average molecular weight is 481 g/mol. The first kappa shape index (κ1) is 23.3. The number of hydrogen-bond donors (Lipinski definition) is 2. The molecule has 0 radical (unpaired) electrons. The van der Waals surface area contributed by atoms with E-state index in [0.29, 0.717) is 28.2 Å². The number of H-pyrrole nitrogens is 2. The monoisotopic (exact) mass is 480 g/mol. The lowest BCUT2D eigenvalue weighted by Gasteiger charge is -2.11. The molecule has 5 aromatic rings. The average Bonchev–Trinajstić information content (AvgIpc) is 3.47. The minimum Gasteiger partial charge on any atom is -0.335 e. The molecule has 2 N–H and O–H groups in total. The van der Waals surface area contributed by atoms with Gasteiger partial charge in [-0.2, -0.15) is 5.10 Å². The van der Waals surface area contributed by atoms with Gasteiger partial charge in [0.25, 0.3) is 0 Å². The van der Waals surface area contributed by atoms with Crippen LogP contribution >= 0.6 is 0 Å². The summed E-state index contributed by atoms with van der Waals surface area (Å²) < 4.78 is 13.9. The Kier molecular flexibility index (Phi) is 6.22. The van der Waals surface area contributed by atoms with E-state index in [9.17, 15) is 4.39 Å². The fourth-order valence-electron chi connectivity index (χ4n) is 4.18. The van der Waals surface area contributed by atoms with Gasteiger partial charge >= 0.3 is 0 Å². The van der Waals surface area contributed by atoms with Crippen molar-refractivity contribution in [2.24, 2.45) is 4.99 Å². The molecule has 0 unspecified atom stereocenters. The molecule has 0 fully saturated rings. The van der Waals surface area contributed by atoms with E-state index in [1.54, 1.807) is 24.7 Å². The number of likely N-dealkylation sites (N-methyl/N-ethyl adjacent to an activating group) is 1. The van der Waals surface area contributed by atoms with Crippen LogP contribution < -0.4 is 0 Å². The van der Waals surface area contributed by atoms with Crippen LogP contribution in [0.25, 0.3) is 50.3 Å². The second kappa shape index (κ2) is 9.63. The van der Waals surface area contributed by atoms with E-state index in [2.05, 4.69) is 47.8 Å². The lowest BCUT2D eigenvalue weighted by Crippen LogP contribution is -2.14. The third-order valence-electron chi connectivity index (χ3n) is 5.78. The van der Waals surface area contributed by atoms with Gasteiger partial charge in [0.15, 0.2) is 11.5 Å². The molecule has 8 nitrogen and oxygen atoms in total. The third-order valence-corrected chi connectivity index (χ3v) is 5.78. The van der Waals surface area contributed by atoms with Crippen LogP contribution in [0, 0.1) is 5.82 Å². The number of pyridine rings is 2. The van der Waals surface area contributed by atoms with Crippen molar-refractivity contribution >= 4 is 34.4 Å². The fourth-order valence-corrected chi connectivity index (χ4v) is 4.18. The summed E-state index contributed by atoms with van der Waals surface area (Å²) in [5, 5.41) is 8.31. The summed E-state index contributed by atoms with van der Waals surface area (Å²) in [6.45, 7) is 6.36. The molecule has 0 saturated heterocycles. The van der Waals surface area contributed by atoms with Gasteiger partial charge < -0.3 is 9.88 Å². The van der Waals surface area contributed by atoms with Crippen LogP contribution in [0.1, 0.15) is 12.5 Å². The van der Waals surface area contributed by atoms with Gasteiger partial charge in [0.05, 0.1) is 22.6 Å². The third kappa shape index (κ3) is 4.56. The molecule has 4 heterocycles. The summed E-state index contributed by atoms with van der Waals surface area (Å²) >= 11 is 0. The molecule has 0 bridgehead atoms. The minimum atomic E-state index is -0.312. The number of nitrogens with zero attached hydrogens (tertiary/aromatic N) is 6. The molecule has 36 heavy (non-hydrogen) atoms. The highest BCUT2D eigenvalue weighted by atomic mass is 19.1. The lowest BCUT2D eigenvalue weighted by molar-refractivity contribution is 0.448. The van der Waals surface area contributed by atoms with Crippen molar-refractivity contribution in [3.63, 3.8) is 0 Å². The van der Waals surface area contributed by atoms with Crippen LogP contribution in [0.5, 0.6) is 0 Å². The van der Waals surface area contributed by atoms with Crippen LogP contribution in [0.15, 0.2) is 71.8 Å². The molecule has 4 aromatic heterocycles. The number of hydrogen-bond acceptors (Lipinski definition) is 6. The number of aliphatic imine (C=N–C) groups is 1. The number of rotatable bonds is 7. The number of imidazole rings is 1. The van der Waals surface area contributed by atoms with Gasteiger partial charge in [-0.1, -0.05) is 18.2 Å². The Morgan fingerprint density at radius 3 is 2.83 bits per heavy atom. The lowest BCUT2D eigenvalue weighted by atomic mass is 10.0. The highest BCUT2D eigenvalue weighted by Gasteiger charge is 2.17. The number of fused-ring (bicyclic) bond motifs is 2. The Balaban J connectivity index is 1.58. The number of aromatic nitrogens is 6. The number of nitrogens with one attached hydrogen (secondary N) is 2. The zero-order valence-electron chi connectivity index (χ0n) is 20.2. The quantitative estimate of drug-likeness (QED) is 0.245. The van der Waals surface area contributed by atoms with Crippen molar-refractivity contribution < 1.29 is 4.39 Å².